The number of hydrogen-bond acceptors (Lipinski definition) is 2. The van der Waals surface area contributed by atoms with Crippen molar-refractivity contribution in [3.8, 4) is 0 Å². The minimum Gasteiger partial charge on any atom is -0.300 e. The Bertz CT molecular complexity index is 208. The van der Waals surface area contributed by atoms with Crippen molar-refractivity contribution in [3.05, 3.63) is 0 Å². The van der Waals surface area contributed by atoms with Gasteiger partial charge in [-0.2, -0.15) is 0 Å². The Balaban J connectivity index is 1.98. The molecule has 2 nitrogen and oxygen atoms in total. The van der Waals surface area contributed by atoms with Crippen LogP contribution in [0.4, 0.5) is 0 Å². The molecule has 0 aromatic rings. The molecule has 13 heavy (non-hydrogen) atoms. The first kappa shape index (κ1) is 9.20. The third kappa shape index (κ3) is 1.52. The predicted octanol–water partition coefficient (Wildman–Crippen LogP) is 1.84. The van der Waals surface area contributed by atoms with Crippen LogP contribution < -0.4 is 0 Å². The van der Waals surface area contributed by atoms with Gasteiger partial charge >= 0.3 is 0 Å². The van der Waals surface area contributed by atoms with E-state index in [2.05, 4.69) is 18.7 Å². The van der Waals surface area contributed by atoms with Gasteiger partial charge in [-0.1, -0.05) is 13.8 Å². The second-order valence-corrected chi connectivity index (χ2v) is 4.78. The number of nitrogens with zero attached hydrogens (tertiary/aromatic N) is 1. The van der Waals surface area contributed by atoms with Gasteiger partial charge in [0.1, 0.15) is 5.78 Å². The molecule has 74 valence electrons. The molecule has 0 N–H and O–H groups in total. The molecule has 0 atom stereocenters. The molecule has 1 saturated carbocycles. The van der Waals surface area contributed by atoms with Crippen LogP contribution in [0, 0.1) is 5.92 Å². The molecule has 1 aliphatic heterocycles. The number of hydrogen-bond donors (Lipinski definition) is 0. The lowest BCUT2D eigenvalue weighted by atomic mass is 9.96. The first-order chi connectivity index (χ1) is 6.15. The van der Waals surface area contributed by atoms with E-state index in [9.17, 15) is 4.79 Å². The van der Waals surface area contributed by atoms with Crippen LogP contribution in [0.3, 0.4) is 0 Å². The van der Waals surface area contributed by atoms with Crippen LogP contribution in [0.2, 0.25) is 0 Å². The van der Waals surface area contributed by atoms with E-state index in [0.29, 0.717) is 11.3 Å². The fourth-order valence-electron chi connectivity index (χ4n) is 2.59. The summed E-state index contributed by atoms with van der Waals surface area (Å²) in [5, 5.41) is 0. The standard InChI is InChI=1S/C11H19NO/c1-9(2)11(5-6-11)12-7-3-10(13)4-8-12/h9H,3-8H2,1-2H3. The molecule has 0 bridgehead atoms. The van der Waals surface area contributed by atoms with Crippen LogP contribution in [0.15, 0.2) is 0 Å². The summed E-state index contributed by atoms with van der Waals surface area (Å²) in [6.45, 7) is 6.64. The molecule has 2 fully saturated rings. The summed E-state index contributed by atoms with van der Waals surface area (Å²) < 4.78 is 0. The van der Waals surface area contributed by atoms with Crippen molar-refractivity contribution in [3.63, 3.8) is 0 Å². The highest BCUT2D eigenvalue weighted by Crippen LogP contribution is 2.48. The molecule has 1 heterocycles. The summed E-state index contributed by atoms with van der Waals surface area (Å²) in [4.78, 5) is 13.7. The van der Waals surface area contributed by atoms with Gasteiger partial charge < -0.3 is 0 Å². The Kier molecular flexibility index (Phi) is 2.18. The summed E-state index contributed by atoms with van der Waals surface area (Å²) in [6.07, 6.45) is 4.26. The number of piperidine rings is 1. The maximum atomic E-state index is 11.1. The van der Waals surface area contributed by atoms with E-state index in [1.54, 1.807) is 0 Å². The number of Topliss-reactive ketones (excluding diaryl/α,β-unsaturated/α-hetero) is 1. The van der Waals surface area contributed by atoms with Crippen molar-refractivity contribution >= 4 is 5.78 Å². The highest BCUT2D eigenvalue weighted by molar-refractivity contribution is 5.79. The zero-order valence-corrected chi connectivity index (χ0v) is 8.68. The van der Waals surface area contributed by atoms with Crippen LogP contribution in [0.25, 0.3) is 0 Å². The average Bonchev–Trinajstić information content (AvgIpc) is 2.86. The smallest absolute Gasteiger partial charge is 0.135 e. The maximum Gasteiger partial charge on any atom is 0.135 e. The third-order valence-electron chi connectivity index (χ3n) is 3.79. The van der Waals surface area contributed by atoms with Gasteiger partial charge in [0.15, 0.2) is 0 Å². The lowest BCUT2D eigenvalue weighted by Gasteiger charge is -2.37. The van der Waals surface area contributed by atoms with Crippen molar-refractivity contribution in [1.82, 2.24) is 4.90 Å². The Hall–Kier alpha value is -0.370. The molecule has 2 heteroatoms. The molecule has 0 unspecified atom stereocenters. The maximum absolute atomic E-state index is 11.1. The first-order valence-electron chi connectivity index (χ1n) is 5.42. The molecule has 0 radical (unpaired) electrons. The van der Waals surface area contributed by atoms with E-state index >= 15 is 0 Å². The molecule has 0 spiro atoms. The largest absolute Gasteiger partial charge is 0.300 e. The summed E-state index contributed by atoms with van der Waals surface area (Å²) in [7, 11) is 0. The van der Waals surface area contributed by atoms with Crippen LogP contribution in [-0.4, -0.2) is 29.3 Å². The zero-order valence-electron chi connectivity index (χ0n) is 8.68. The summed E-state index contributed by atoms with van der Waals surface area (Å²) in [5.74, 6) is 1.21. The fraction of sp³-hybridized carbons (Fsp3) is 0.909. The molecule has 1 saturated heterocycles. The van der Waals surface area contributed by atoms with Gasteiger partial charge in [0.25, 0.3) is 0 Å². The number of rotatable bonds is 2. The number of carbonyl (C=O) groups excluding carboxylic acids is 1. The highest BCUT2D eigenvalue weighted by Gasteiger charge is 2.50. The molecule has 0 aromatic carbocycles. The van der Waals surface area contributed by atoms with Crippen molar-refractivity contribution < 1.29 is 4.79 Å². The number of ketones is 1. The van der Waals surface area contributed by atoms with Gasteiger partial charge in [-0.3, -0.25) is 9.69 Å². The predicted molar refractivity (Wildman–Crippen MR) is 52.6 cm³/mol. The van der Waals surface area contributed by atoms with Crippen LogP contribution in [0.5, 0.6) is 0 Å². The summed E-state index contributed by atoms with van der Waals surface area (Å²) in [5.41, 5.74) is 0.487. The van der Waals surface area contributed by atoms with Crippen LogP contribution in [0.1, 0.15) is 39.5 Å². The number of carbonyl (C=O) groups is 1. The Morgan fingerprint density at radius 1 is 1.23 bits per heavy atom. The lowest BCUT2D eigenvalue weighted by Crippen LogP contribution is -2.46. The zero-order chi connectivity index (χ0) is 9.47. The second-order valence-electron chi connectivity index (χ2n) is 4.78. The number of likely N-dealkylation sites (tertiary alicyclic amines) is 1. The molecule has 2 rings (SSSR count). The van der Waals surface area contributed by atoms with Gasteiger partial charge in [-0.25, -0.2) is 0 Å². The van der Waals surface area contributed by atoms with Gasteiger partial charge in [0.05, 0.1) is 0 Å². The van der Waals surface area contributed by atoms with Gasteiger partial charge in [0.2, 0.25) is 0 Å². The van der Waals surface area contributed by atoms with E-state index in [1.165, 1.54) is 12.8 Å². The minimum atomic E-state index is 0.454. The average molecular weight is 181 g/mol. The van der Waals surface area contributed by atoms with E-state index < -0.39 is 0 Å². The van der Waals surface area contributed by atoms with Crippen molar-refractivity contribution in [1.29, 1.82) is 0 Å². The SMILES string of the molecule is CC(C)C1(N2CCC(=O)CC2)CC1. The van der Waals surface area contributed by atoms with Crippen molar-refractivity contribution in [2.75, 3.05) is 13.1 Å². The Labute approximate surface area is 80.3 Å². The van der Waals surface area contributed by atoms with E-state index in [4.69, 9.17) is 0 Å². The monoisotopic (exact) mass is 181 g/mol. The highest BCUT2D eigenvalue weighted by atomic mass is 16.1. The molecular weight excluding hydrogens is 162 g/mol. The van der Waals surface area contributed by atoms with E-state index in [1.807, 2.05) is 0 Å². The molecule has 0 aromatic heterocycles. The van der Waals surface area contributed by atoms with Gasteiger partial charge in [-0.15, -0.1) is 0 Å². The molecule has 1 aliphatic carbocycles. The lowest BCUT2D eigenvalue weighted by molar-refractivity contribution is -0.122. The van der Waals surface area contributed by atoms with Gasteiger partial charge in [-0.05, 0) is 18.8 Å². The van der Waals surface area contributed by atoms with E-state index in [0.717, 1.165) is 31.8 Å². The molecule has 2 aliphatic rings. The topological polar surface area (TPSA) is 20.3 Å². The summed E-state index contributed by atoms with van der Waals surface area (Å²) >= 11 is 0. The third-order valence-corrected chi connectivity index (χ3v) is 3.79. The second kappa shape index (κ2) is 3.09. The molecular formula is C11H19NO. The van der Waals surface area contributed by atoms with Crippen molar-refractivity contribution in [2.45, 2.75) is 45.1 Å². The minimum absolute atomic E-state index is 0.454. The molecule has 0 amide bonds. The Morgan fingerprint density at radius 3 is 2.15 bits per heavy atom. The quantitative estimate of drug-likeness (QED) is 0.648. The fourth-order valence-corrected chi connectivity index (χ4v) is 2.59. The first-order valence-corrected chi connectivity index (χ1v) is 5.42. The van der Waals surface area contributed by atoms with Crippen LogP contribution in [-0.2, 0) is 4.79 Å². The van der Waals surface area contributed by atoms with Crippen molar-refractivity contribution in [2.24, 2.45) is 5.92 Å². The summed E-state index contributed by atoms with van der Waals surface area (Å²) in [6, 6.07) is 0. The van der Waals surface area contributed by atoms with E-state index in [-0.39, 0.29) is 0 Å². The van der Waals surface area contributed by atoms with Crippen LogP contribution >= 0.6 is 0 Å². The Morgan fingerprint density at radius 2 is 1.77 bits per heavy atom. The van der Waals surface area contributed by atoms with Gasteiger partial charge in [0, 0.05) is 31.5 Å². The normalized spacial score (nSPS) is 28.1.